The Labute approximate surface area is 174 Å². The Balaban J connectivity index is 2.27. The Morgan fingerprint density at radius 1 is 1.21 bits per heavy atom. The maximum Gasteiger partial charge on any atom is 0.173 e. The van der Waals surface area contributed by atoms with Crippen LogP contribution in [0.4, 0.5) is 0 Å². The van der Waals surface area contributed by atoms with E-state index in [4.69, 9.17) is 21.7 Å². The fourth-order valence-electron chi connectivity index (χ4n) is 3.56. The summed E-state index contributed by atoms with van der Waals surface area (Å²) in [6.07, 6.45) is 4.62. The first-order valence-electron chi connectivity index (χ1n) is 10.0. The molecule has 0 spiro atoms. The molecule has 1 aliphatic heterocycles. The molecule has 0 saturated heterocycles. The lowest BCUT2D eigenvalue weighted by molar-refractivity contribution is -0.114. The summed E-state index contributed by atoms with van der Waals surface area (Å²) in [5.74, 6) is 1.42. The van der Waals surface area contributed by atoms with Gasteiger partial charge in [-0.1, -0.05) is 32.3 Å². The van der Waals surface area contributed by atoms with E-state index in [2.05, 4.69) is 12.2 Å². The van der Waals surface area contributed by atoms with E-state index < -0.39 is 0 Å². The van der Waals surface area contributed by atoms with E-state index in [1.165, 1.54) is 19.3 Å². The van der Waals surface area contributed by atoms with Gasteiger partial charge in [-0.3, -0.25) is 4.79 Å². The number of rotatable bonds is 10. The molecule has 0 aromatic heterocycles. The minimum atomic E-state index is -0.291. The van der Waals surface area contributed by atoms with Crippen molar-refractivity contribution in [3.05, 3.63) is 35.0 Å². The molecule has 1 atom stereocenters. The van der Waals surface area contributed by atoms with Gasteiger partial charge in [0, 0.05) is 17.8 Å². The summed E-state index contributed by atoms with van der Waals surface area (Å²) in [5.41, 5.74) is 2.56. The summed E-state index contributed by atoms with van der Waals surface area (Å²) in [5, 5.41) is 3.94. The predicted molar refractivity (Wildman–Crippen MR) is 117 cm³/mol. The number of carbonyl (C=O) groups is 1. The van der Waals surface area contributed by atoms with Gasteiger partial charge in [0.05, 0.1) is 19.8 Å². The van der Waals surface area contributed by atoms with E-state index >= 15 is 0 Å². The quantitative estimate of drug-likeness (QED) is 0.448. The Hall–Kier alpha value is -2.08. The Kier molecular flexibility index (Phi) is 8.30. The van der Waals surface area contributed by atoms with Crippen molar-refractivity contribution in [2.75, 3.05) is 20.3 Å². The first-order valence-corrected chi connectivity index (χ1v) is 10.5. The van der Waals surface area contributed by atoms with Crippen LogP contribution >= 0.6 is 12.2 Å². The molecular formula is C22H32N2O3S. The molecule has 0 saturated carbocycles. The van der Waals surface area contributed by atoms with Gasteiger partial charge in [0.15, 0.2) is 22.4 Å². The van der Waals surface area contributed by atoms with E-state index in [0.29, 0.717) is 17.5 Å². The highest BCUT2D eigenvalue weighted by Gasteiger charge is 2.32. The SMILES string of the molecule is CCCCCCOc1ccc(C2NC(=S)N(CC)C(C)=C2C(C)=O)cc1OC. The number of ketones is 1. The van der Waals surface area contributed by atoms with Crippen molar-refractivity contribution in [3.8, 4) is 11.5 Å². The number of Topliss-reactive ketones (excluding diaryl/α,β-unsaturated/α-hetero) is 1. The molecule has 2 rings (SSSR count). The van der Waals surface area contributed by atoms with Crippen molar-refractivity contribution >= 4 is 23.1 Å². The number of nitrogens with one attached hydrogen (secondary N) is 1. The average Bonchev–Trinajstić information content (AvgIpc) is 2.67. The average molecular weight is 405 g/mol. The van der Waals surface area contributed by atoms with Gasteiger partial charge in [-0.15, -0.1) is 0 Å². The molecule has 154 valence electrons. The molecular weight excluding hydrogens is 372 g/mol. The number of allylic oxidation sites excluding steroid dienone is 1. The standard InChI is InChI=1S/C22H32N2O3S/c1-6-8-9-10-13-27-18-12-11-17(14-19(18)26-5)21-20(16(4)25)15(3)24(7-2)22(28)23-21/h11-12,14,21H,6-10,13H2,1-5H3,(H,23,28). The number of nitrogens with zero attached hydrogens (tertiary/aromatic N) is 1. The van der Waals surface area contributed by atoms with Gasteiger partial charge >= 0.3 is 0 Å². The molecule has 1 aliphatic rings. The number of methoxy groups -OCH3 is 1. The van der Waals surface area contributed by atoms with E-state index in [-0.39, 0.29) is 11.8 Å². The van der Waals surface area contributed by atoms with Crippen molar-refractivity contribution in [1.29, 1.82) is 0 Å². The maximum atomic E-state index is 12.4. The third-order valence-corrected chi connectivity index (χ3v) is 5.41. The summed E-state index contributed by atoms with van der Waals surface area (Å²) < 4.78 is 11.5. The van der Waals surface area contributed by atoms with E-state index in [1.54, 1.807) is 14.0 Å². The van der Waals surface area contributed by atoms with Crippen LogP contribution in [0.1, 0.15) is 65.0 Å². The minimum absolute atomic E-state index is 0.0335. The third kappa shape index (κ3) is 5.04. The van der Waals surface area contributed by atoms with E-state index in [0.717, 1.165) is 35.5 Å². The molecule has 6 heteroatoms. The first kappa shape index (κ1) is 22.2. The van der Waals surface area contributed by atoms with Crippen LogP contribution in [0.15, 0.2) is 29.5 Å². The second-order valence-electron chi connectivity index (χ2n) is 7.00. The zero-order valence-electron chi connectivity index (χ0n) is 17.6. The summed E-state index contributed by atoms with van der Waals surface area (Å²) in [6, 6.07) is 5.53. The molecule has 0 amide bonds. The van der Waals surface area contributed by atoms with Crippen LogP contribution in [0, 0.1) is 0 Å². The van der Waals surface area contributed by atoms with Crippen molar-refractivity contribution in [2.24, 2.45) is 0 Å². The zero-order valence-corrected chi connectivity index (χ0v) is 18.4. The number of carbonyl (C=O) groups excluding carboxylic acids is 1. The number of thiocarbonyl (C=S) groups is 1. The molecule has 28 heavy (non-hydrogen) atoms. The second kappa shape index (κ2) is 10.5. The van der Waals surface area contributed by atoms with Crippen LogP contribution in [0.5, 0.6) is 11.5 Å². The normalized spacial score (nSPS) is 16.8. The lowest BCUT2D eigenvalue weighted by Gasteiger charge is -2.37. The van der Waals surface area contributed by atoms with Crippen molar-refractivity contribution in [3.63, 3.8) is 0 Å². The molecule has 1 unspecified atom stereocenters. The van der Waals surface area contributed by atoms with Crippen molar-refractivity contribution in [1.82, 2.24) is 10.2 Å². The number of benzene rings is 1. The molecule has 0 bridgehead atoms. The molecule has 0 aliphatic carbocycles. The third-order valence-electron chi connectivity index (χ3n) is 5.07. The highest BCUT2D eigenvalue weighted by atomic mass is 32.1. The monoisotopic (exact) mass is 404 g/mol. The van der Waals surface area contributed by atoms with Crippen LogP contribution in [-0.4, -0.2) is 36.1 Å². The topological polar surface area (TPSA) is 50.8 Å². The molecule has 5 nitrogen and oxygen atoms in total. The van der Waals surface area contributed by atoms with Crippen molar-refractivity contribution in [2.45, 2.75) is 59.4 Å². The van der Waals surface area contributed by atoms with Gasteiger partial charge in [0.2, 0.25) is 0 Å². The van der Waals surface area contributed by atoms with Gasteiger partial charge in [-0.2, -0.15) is 0 Å². The summed E-state index contributed by atoms with van der Waals surface area (Å²) in [7, 11) is 1.63. The van der Waals surface area contributed by atoms with Gasteiger partial charge in [0.25, 0.3) is 0 Å². The zero-order chi connectivity index (χ0) is 20.7. The first-order chi connectivity index (χ1) is 13.4. The number of hydrogen-bond acceptors (Lipinski definition) is 4. The predicted octanol–water partition coefficient (Wildman–Crippen LogP) is 4.77. The van der Waals surface area contributed by atoms with Crippen molar-refractivity contribution < 1.29 is 14.3 Å². The van der Waals surface area contributed by atoms with E-state index in [1.807, 2.05) is 36.9 Å². The minimum Gasteiger partial charge on any atom is -0.493 e. The summed E-state index contributed by atoms with van der Waals surface area (Å²) >= 11 is 5.51. The number of unbranched alkanes of at least 4 members (excludes halogenated alkanes) is 3. The summed E-state index contributed by atoms with van der Waals surface area (Å²) in [6.45, 7) is 9.15. The van der Waals surface area contributed by atoms with Crippen LogP contribution in [0.3, 0.4) is 0 Å². The molecule has 1 aromatic carbocycles. The van der Waals surface area contributed by atoms with Gasteiger partial charge in [-0.05, 0) is 57.1 Å². The van der Waals surface area contributed by atoms with Gasteiger partial charge < -0.3 is 19.7 Å². The van der Waals surface area contributed by atoms with Crippen LogP contribution in [0.2, 0.25) is 0 Å². The van der Waals surface area contributed by atoms with Gasteiger partial charge in [-0.25, -0.2) is 0 Å². The molecule has 0 radical (unpaired) electrons. The smallest absolute Gasteiger partial charge is 0.173 e. The number of ether oxygens (including phenoxy) is 2. The Morgan fingerprint density at radius 3 is 2.57 bits per heavy atom. The largest absolute Gasteiger partial charge is 0.493 e. The van der Waals surface area contributed by atoms with E-state index in [9.17, 15) is 4.79 Å². The fourth-order valence-corrected chi connectivity index (χ4v) is 3.95. The highest BCUT2D eigenvalue weighted by molar-refractivity contribution is 7.80. The number of hydrogen-bond donors (Lipinski definition) is 1. The fraction of sp³-hybridized carbons (Fsp3) is 0.545. The maximum absolute atomic E-state index is 12.4. The Bertz CT molecular complexity index is 745. The van der Waals surface area contributed by atoms with Crippen LogP contribution < -0.4 is 14.8 Å². The Morgan fingerprint density at radius 2 is 1.96 bits per heavy atom. The second-order valence-corrected chi connectivity index (χ2v) is 7.39. The van der Waals surface area contributed by atoms with Gasteiger partial charge in [0.1, 0.15) is 0 Å². The lowest BCUT2D eigenvalue weighted by atomic mass is 9.92. The van der Waals surface area contributed by atoms with Crippen LogP contribution in [0.25, 0.3) is 0 Å². The molecule has 1 N–H and O–H groups in total. The molecule has 1 heterocycles. The molecule has 0 fully saturated rings. The molecule has 1 aromatic rings. The van der Waals surface area contributed by atoms with Crippen LogP contribution in [-0.2, 0) is 4.79 Å². The lowest BCUT2D eigenvalue weighted by Crippen LogP contribution is -2.47. The summed E-state index contributed by atoms with van der Waals surface area (Å²) in [4.78, 5) is 14.3. The highest BCUT2D eigenvalue weighted by Crippen LogP contribution is 2.36.